The fraction of sp³-hybridized carbons (Fsp3) is 0.120. The Morgan fingerprint density at radius 2 is 1.52 bits per heavy atom. The minimum atomic E-state index is -0.241. The molecule has 0 atom stereocenters. The van der Waals surface area contributed by atoms with Crippen LogP contribution in [0.1, 0.15) is 38.8 Å². The molecule has 0 saturated heterocycles. The second-order valence-electron chi connectivity index (χ2n) is 6.96. The van der Waals surface area contributed by atoms with Crippen LogP contribution in [-0.2, 0) is 6.61 Å². The van der Waals surface area contributed by atoms with Crippen molar-refractivity contribution in [2.24, 2.45) is 0 Å². The number of carbonyl (C=O) groups excluding carboxylic acids is 2. The zero-order chi connectivity index (χ0) is 20.2. The summed E-state index contributed by atoms with van der Waals surface area (Å²) in [4.78, 5) is 26.3. The highest BCUT2D eigenvalue weighted by atomic mass is 16.5. The van der Waals surface area contributed by atoms with Crippen molar-refractivity contribution >= 4 is 17.4 Å². The smallest absolute Gasteiger partial charge is 0.261 e. The maximum atomic E-state index is 12.5. The van der Waals surface area contributed by atoms with Crippen molar-refractivity contribution in [1.82, 2.24) is 4.90 Å². The summed E-state index contributed by atoms with van der Waals surface area (Å²) in [6.45, 7) is 2.71. The van der Waals surface area contributed by atoms with Gasteiger partial charge in [0.2, 0.25) is 0 Å². The molecule has 1 heterocycles. The molecule has 0 N–H and O–H groups in total. The number of fused-ring (bicyclic) bond motifs is 1. The number of rotatable bonds is 6. The summed E-state index contributed by atoms with van der Waals surface area (Å²) in [6.07, 6.45) is 1.90. The molecule has 4 nitrogen and oxygen atoms in total. The van der Waals surface area contributed by atoms with Crippen molar-refractivity contribution in [2.75, 3.05) is 6.54 Å². The molecule has 0 fully saturated rings. The highest BCUT2D eigenvalue weighted by Crippen LogP contribution is 2.24. The van der Waals surface area contributed by atoms with Gasteiger partial charge in [-0.3, -0.25) is 14.5 Å². The van der Waals surface area contributed by atoms with Crippen molar-refractivity contribution in [3.63, 3.8) is 0 Å². The van der Waals surface area contributed by atoms with Gasteiger partial charge in [-0.2, -0.15) is 0 Å². The number of carbonyl (C=O) groups is 2. The maximum Gasteiger partial charge on any atom is 0.261 e. The number of imide groups is 1. The van der Waals surface area contributed by atoms with Crippen LogP contribution in [0.2, 0.25) is 0 Å². The van der Waals surface area contributed by atoms with Crippen molar-refractivity contribution in [3.8, 4) is 5.75 Å². The van der Waals surface area contributed by atoms with Gasteiger partial charge in [-0.15, -0.1) is 0 Å². The molecule has 3 aromatic carbocycles. The first-order valence-electron chi connectivity index (χ1n) is 9.52. The number of allylic oxidation sites excluding steroid dienone is 1. The van der Waals surface area contributed by atoms with Crippen molar-refractivity contribution in [1.29, 1.82) is 0 Å². The number of amides is 2. The van der Waals surface area contributed by atoms with Crippen LogP contribution in [0.15, 0.2) is 84.9 Å². The highest BCUT2D eigenvalue weighted by molar-refractivity contribution is 6.21. The molecule has 0 saturated carbocycles. The molecule has 0 unspecified atom stereocenters. The quantitative estimate of drug-likeness (QED) is 0.565. The molecule has 1 aliphatic rings. The molecule has 0 radical (unpaired) electrons. The number of nitrogens with zero attached hydrogens (tertiary/aromatic N) is 1. The van der Waals surface area contributed by atoms with E-state index < -0.39 is 0 Å². The lowest BCUT2D eigenvalue weighted by Crippen LogP contribution is -2.29. The predicted molar refractivity (Wildman–Crippen MR) is 113 cm³/mol. The number of ether oxygens (including phenoxy) is 1. The van der Waals surface area contributed by atoms with Gasteiger partial charge >= 0.3 is 0 Å². The van der Waals surface area contributed by atoms with Gasteiger partial charge < -0.3 is 4.74 Å². The van der Waals surface area contributed by atoms with E-state index in [9.17, 15) is 9.59 Å². The van der Waals surface area contributed by atoms with E-state index in [0.29, 0.717) is 17.7 Å². The molecule has 2 amide bonds. The van der Waals surface area contributed by atoms with Gasteiger partial charge in [0.15, 0.2) is 0 Å². The average molecular weight is 383 g/mol. The molecule has 0 bridgehead atoms. The van der Waals surface area contributed by atoms with Crippen LogP contribution in [0.4, 0.5) is 0 Å². The highest BCUT2D eigenvalue weighted by Gasteiger charge is 2.34. The van der Waals surface area contributed by atoms with Gasteiger partial charge in [0, 0.05) is 6.54 Å². The summed E-state index contributed by atoms with van der Waals surface area (Å²) in [5, 5.41) is 0. The Balaban J connectivity index is 1.44. The predicted octanol–water partition coefficient (Wildman–Crippen LogP) is 4.97. The van der Waals surface area contributed by atoms with Gasteiger partial charge in [0.25, 0.3) is 11.8 Å². The lowest BCUT2D eigenvalue weighted by molar-refractivity contribution is 0.0672. The van der Waals surface area contributed by atoms with E-state index in [1.54, 1.807) is 24.3 Å². The minimum absolute atomic E-state index is 0.241. The van der Waals surface area contributed by atoms with Gasteiger partial charge in [0.1, 0.15) is 12.4 Å². The third kappa shape index (κ3) is 3.97. The molecular weight excluding hydrogens is 362 g/mol. The second-order valence-corrected chi connectivity index (χ2v) is 6.96. The Bertz CT molecular complexity index is 1050. The fourth-order valence-corrected chi connectivity index (χ4v) is 3.32. The summed E-state index contributed by atoms with van der Waals surface area (Å²) < 4.78 is 5.89. The SMILES string of the molecule is C/C(=C\CN1C(=O)c2ccccc2C1=O)c1cccc(OCc2ccccc2)c1. The second kappa shape index (κ2) is 8.15. The third-order valence-corrected chi connectivity index (χ3v) is 5.00. The maximum absolute atomic E-state index is 12.5. The monoisotopic (exact) mass is 383 g/mol. The lowest BCUT2D eigenvalue weighted by Gasteiger charge is -2.12. The van der Waals surface area contributed by atoms with Crippen molar-refractivity contribution in [3.05, 3.63) is 107 Å². The molecule has 0 aromatic heterocycles. The Kier molecular flexibility index (Phi) is 5.25. The number of benzene rings is 3. The largest absolute Gasteiger partial charge is 0.489 e. The third-order valence-electron chi connectivity index (χ3n) is 5.00. The molecule has 4 heteroatoms. The Morgan fingerprint density at radius 3 is 2.21 bits per heavy atom. The van der Waals surface area contributed by atoms with Gasteiger partial charge in [0.05, 0.1) is 11.1 Å². The van der Waals surface area contributed by atoms with Gasteiger partial charge in [-0.25, -0.2) is 0 Å². The first kappa shape index (κ1) is 18.7. The molecular formula is C25H21NO3. The fourth-order valence-electron chi connectivity index (χ4n) is 3.32. The van der Waals surface area contributed by atoms with Crippen LogP contribution in [0.3, 0.4) is 0 Å². The van der Waals surface area contributed by atoms with Gasteiger partial charge in [-0.05, 0) is 47.9 Å². The Morgan fingerprint density at radius 1 is 0.862 bits per heavy atom. The van der Waals surface area contributed by atoms with E-state index in [-0.39, 0.29) is 18.4 Å². The standard InChI is InChI=1S/C25H21NO3/c1-18(14-15-26-24(27)22-12-5-6-13-23(22)25(26)28)20-10-7-11-21(16-20)29-17-19-8-3-2-4-9-19/h2-14,16H,15,17H2,1H3/b18-14+. The van der Waals surface area contributed by atoms with E-state index in [1.807, 2.05) is 67.6 Å². The van der Waals surface area contributed by atoms with E-state index >= 15 is 0 Å². The van der Waals surface area contributed by atoms with Crippen LogP contribution < -0.4 is 4.74 Å². The van der Waals surface area contributed by atoms with Crippen LogP contribution in [0.5, 0.6) is 5.75 Å². The lowest BCUT2D eigenvalue weighted by atomic mass is 10.1. The molecule has 29 heavy (non-hydrogen) atoms. The Hall–Kier alpha value is -3.66. The van der Waals surface area contributed by atoms with Crippen molar-refractivity contribution in [2.45, 2.75) is 13.5 Å². The summed E-state index contributed by atoms with van der Waals surface area (Å²) in [5.74, 6) is 0.295. The first-order chi connectivity index (χ1) is 14.1. The summed E-state index contributed by atoms with van der Waals surface area (Å²) in [7, 11) is 0. The van der Waals surface area contributed by atoms with E-state index in [2.05, 4.69) is 0 Å². The molecule has 0 spiro atoms. The normalized spacial score (nSPS) is 13.6. The minimum Gasteiger partial charge on any atom is -0.489 e. The van der Waals surface area contributed by atoms with Crippen LogP contribution in [0.25, 0.3) is 5.57 Å². The summed E-state index contributed by atoms with van der Waals surface area (Å²) >= 11 is 0. The van der Waals surface area contributed by atoms with E-state index in [4.69, 9.17) is 4.74 Å². The first-order valence-corrected chi connectivity index (χ1v) is 9.52. The van der Waals surface area contributed by atoms with E-state index in [0.717, 1.165) is 22.4 Å². The Labute approximate surface area is 170 Å². The van der Waals surface area contributed by atoms with E-state index in [1.165, 1.54) is 4.90 Å². The zero-order valence-corrected chi connectivity index (χ0v) is 16.2. The molecule has 3 aromatic rings. The molecule has 4 rings (SSSR count). The van der Waals surface area contributed by atoms with Crippen LogP contribution in [0, 0.1) is 0 Å². The zero-order valence-electron chi connectivity index (χ0n) is 16.2. The summed E-state index contributed by atoms with van der Waals surface area (Å²) in [5.41, 5.74) is 4.02. The molecule has 0 aliphatic carbocycles. The van der Waals surface area contributed by atoms with Gasteiger partial charge in [-0.1, -0.05) is 60.7 Å². The summed E-state index contributed by atoms with van der Waals surface area (Å²) in [6, 6.07) is 24.8. The number of hydrogen-bond acceptors (Lipinski definition) is 3. The average Bonchev–Trinajstić information content (AvgIpc) is 3.01. The number of hydrogen-bond donors (Lipinski definition) is 0. The van der Waals surface area contributed by atoms with Crippen molar-refractivity contribution < 1.29 is 14.3 Å². The topological polar surface area (TPSA) is 46.6 Å². The molecule has 1 aliphatic heterocycles. The van der Waals surface area contributed by atoms with Crippen LogP contribution in [-0.4, -0.2) is 23.3 Å². The van der Waals surface area contributed by atoms with Crippen LogP contribution >= 0.6 is 0 Å². The molecule has 144 valence electrons.